The summed E-state index contributed by atoms with van der Waals surface area (Å²) in [7, 11) is 1.57. The third kappa shape index (κ3) is 8.63. The first kappa shape index (κ1) is 30.8. The van der Waals surface area contributed by atoms with Crippen molar-refractivity contribution in [3.05, 3.63) is 81.9 Å². The number of likely N-dealkylation sites (N-methyl/N-ethyl adjacent to an activating group) is 1. The quantitative estimate of drug-likeness (QED) is 0.177. The number of nitrogens with zero attached hydrogens (tertiary/aromatic N) is 2. The normalized spacial score (nSPS) is 11.3. The van der Waals surface area contributed by atoms with Crippen LogP contribution in [0, 0.1) is 0 Å². The van der Waals surface area contributed by atoms with E-state index in [-0.39, 0.29) is 16.3 Å². The molecule has 0 aliphatic heterocycles. The van der Waals surface area contributed by atoms with E-state index >= 15 is 0 Å². The van der Waals surface area contributed by atoms with Gasteiger partial charge in [0.2, 0.25) is 5.75 Å². The summed E-state index contributed by atoms with van der Waals surface area (Å²) < 4.78 is 18.1. The number of rotatable bonds is 14. The highest BCUT2D eigenvalue weighted by molar-refractivity contribution is 6.32. The Kier molecular flexibility index (Phi) is 11.7. The van der Waals surface area contributed by atoms with Gasteiger partial charge in [0.25, 0.3) is 5.91 Å². The summed E-state index contributed by atoms with van der Waals surface area (Å²) in [5.41, 5.74) is 5.68. The fraction of sp³-hybridized carbons (Fsp3) is 0.355. The van der Waals surface area contributed by atoms with Gasteiger partial charge in [0.05, 0.1) is 18.3 Å². The molecular formula is C31H38ClN3O5. The number of ether oxygens (including phenoxy) is 3. The Morgan fingerprint density at radius 3 is 2.38 bits per heavy atom. The Morgan fingerprint density at radius 2 is 1.75 bits per heavy atom. The Hall–Kier alpha value is -3.75. The molecule has 40 heavy (non-hydrogen) atoms. The van der Waals surface area contributed by atoms with Gasteiger partial charge >= 0.3 is 0 Å². The van der Waals surface area contributed by atoms with Gasteiger partial charge in [-0.1, -0.05) is 63.6 Å². The number of amides is 1. The average Bonchev–Trinajstić information content (AvgIpc) is 2.96. The molecule has 3 aromatic carbocycles. The smallest absolute Gasteiger partial charge is 0.271 e. The van der Waals surface area contributed by atoms with Crippen molar-refractivity contribution in [1.82, 2.24) is 10.3 Å². The van der Waals surface area contributed by atoms with Crippen molar-refractivity contribution in [3.8, 4) is 23.0 Å². The Balaban J connectivity index is 1.80. The first-order valence-corrected chi connectivity index (χ1v) is 13.7. The van der Waals surface area contributed by atoms with Crippen molar-refractivity contribution in [1.29, 1.82) is 0 Å². The minimum atomic E-state index is -0.468. The van der Waals surface area contributed by atoms with Crippen LogP contribution in [0.15, 0.2) is 59.7 Å². The van der Waals surface area contributed by atoms with E-state index in [4.69, 9.17) is 25.8 Å². The topological polar surface area (TPSA) is 92.6 Å². The van der Waals surface area contributed by atoms with Gasteiger partial charge in [0, 0.05) is 17.7 Å². The number of halogens is 1. The molecule has 3 rings (SSSR count). The van der Waals surface area contributed by atoms with Gasteiger partial charge in [-0.25, -0.2) is 5.43 Å². The van der Waals surface area contributed by atoms with Crippen molar-refractivity contribution < 1.29 is 24.1 Å². The summed E-state index contributed by atoms with van der Waals surface area (Å²) in [6.45, 7) is 12.0. The third-order valence-electron chi connectivity index (χ3n) is 6.44. The van der Waals surface area contributed by atoms with E-state index in [0.717, 1.165) is 25.2 Å². The van der Waals surface area contributed by atoms with Crippen LogP contribution in [0.1, 0.15) is 60.7 Å². The lowest BCUT2D eigenvalue weighted by Crippen LogP contribution is -2.28. The molecule has 0 atom stereocenters. The van der Waals surface area contributed by atoms with E-state index in [2.05, 4.69) is 67.4 Å². The van der Waals surface area contributed by atoms with Gasteiger partial charge in [0.15, 0.2) is 11.5 Å². The molecule has 0 fully saturated rings. The maximum absolute atomic E-state index is 12.4. The van der Waals surface area contributed by atoms with Crippen LogP contribution in [0.3, 0.4) is 0 Å². The van der Waals surface area contributed by atoms with E-state index in [0.29, 0.717) is 41.9 Å². The van der Waals surface area contributed by atoms with Crippen molar-refractivity contribution in [2.75, 3.05) is 33.4 Å². The zero-order chi connectivity index (χ0) is 29.1. The number of aromatic hydroxyl groups is 1. The second kappa shape index (κ2) is 15.1. The Morgan fingerprint density at radius 1 is 1.05 bits per heavy atom. The first-order chi connectivity index (χ1) is 19.2. The van der Waals surface area contributed by atoms with Gasteiger partial charge in [-0.15, -0.1) is 0 Å². The van der Waals surface area contributed by atoms with Gasteiger partial charge in [-0.3, -0.25) is 4.79 Å². The molecule has 9 heteroatoms. The molecule has 0 heterocycles. The lowest BCUT2D eigenvalue weighted by atomic mass is 10.0. The second-order valence-electron chi connectivity index (χ2n) is 9.48. The molecular weight excluding hydrogens is 530 g/mol. The zero-order valence-corrected chi connectivity index (χ0v) is 24.5. The largest absolute Gasteiger partial charge is 0.506 e. The fourth-order valence-electron chi connectivity index (χ4n) is 3.93. The summed E-state index contributed by atoms with van der Waals surface area (Å²) in [6.07, 6.45) is 1.49. The lowest BCUT2D eigenvalue weighted by molar-refractivity contribution is 0.0955. The molecule has 0 aromatic heterocycles. The number of carbonyl (C=O) groups is 1. The number of benzene rings is 3. The van der Waals surface area contributed by atoms with Crippen molar-refractivity contribution in [3.63, 3.8) is 0 Å². The predicted octanol–water partition coefficient (Wildman–Crippen LogP) is 6.24. The molecule has 0 aliphatic carbocycles. The highest BCUT2D eigenvalue weighted by Gasteiger charge is 2.16. The van der Waals surface area contributed by atoms with Gasteiger partial charge < -0.3 is 24.2 Å². The van der Waals surface area contributed by atoms with Crippen LogP contribution in [-0.4, -0.2) is 55.5 Å². The van der Waals surface area contributed by atoms with Crippen LogP contribution in [0.2, 0.25) is 5.02 Å². The maximum atomic E-state index is 12.4. The average molecular weight is 568 g/mol. The molecule has 0 spiro atoms. The lowest BCUT2D eigenvalue weighted by Gasteiger charge is -2.20. The highest BCUT2D eigenvalue weighted by atomic mass is 35.5. The predicted molar refractivity (Wildman–Crippen MR) is 159 cm³/mol. The Labute approximate surface area is 241 Å². The molecule has 0 aliphatic rings. The summed E-state index contributed by atoms with van der Waals surface area (Å²) in [6, 6.07) is 16.1. The SMILES string of the molecule is CCN(CC)CCOc1cc(C=NNC(=O)c2ccc(O)c(Cl)c2)cc(OC)c1OCc1ccc(C(C)C)cc1. The van der Waals surface area contributed by atoms with E-state index in [1.807, 2.05) is 0 Å². The van der Waals surface area contributed by atoms with Crippen LogP contribution in [-0.2, 0) is 6.61 Å². The summed E-state index contributed by atoms with van der Waals surface area (Å²) in [4.78, 5) is 14.7. The minimum Gasteiger partial charge on any atom is -0.506 e. The third-order valence-corrected chi connectivity index (χ3v) is 6.74. The highest BCUT2D eigenvalue weighted by Crippen LogP contribution is 2.39. The van der Waals surface area contributed by atoms with Crippen molar-refractivity contribution in [2.45, 2.75) is 40.2 Å². The fourth-order valence-corrected chi connectivity index (χ4v) is 4.11. The molecule has 214 valence electrons. The van der Waals surface area contributed by atoms with Gasteiger partial charge in [-0.2, -0.15) is 5.10 Å². The van der Waals surface area contributed by atoms with Crippen molar-refractivity contribution >= 4 is 23.7 Å². The van der Waals surface area contributed by atoms with Crippen LogP contribution >= 0.6 is 11.6 Å². The molecule has 0 bridgehead atoms. The number of phenolic OH excluding ortho intramolecular Hbond substituents is 1. The Bertz CT molecular complexity index is 1290. The van der Waals surface area contributed by atoms with E-state index in [1.165, 1.54) is 30.0 Å². The van der Waals surface area contributed by atoms with Crippen LogP contribution < -0.4 is 19.6 Å². The molecule has 2 N–H and O–H groups in total. The van der Waals surface area contributed by atoms with Crippen LogP contribution in [0.4, 0.5) is 0 Å². The number of nitrogens with one attached hydrogen (secondary N) is 1. The summed E-state index contributed by atoms with van der Waals surface area (Å²) in [5.74, 6) is 1.38. The van der Waals surface area contributed by atoms with Gasteiger partial charge in [-0.05, 0) is 60.5 Å². The molecule has 8 nitrogen and oxygen atoms in total. The number of phenols is 1. The summed E-state index contributed by atoms with van der Waals surface area (Å²) >= 11 is 5.91. The van der Waals surface area contributed by atoms with Gasteiger partial charge in [0.1, 0.15) is 19.0 Å². The molecule has 0 saturated carbocycles. The number of hydrogen-bond donors (Lipinski definition) is 2. The zero-order valence-electron chi connectivity index (χ0n) is 23.7. The molecule has 1 amide bonds. The van der Waals surface area contributed by atoms with Crippen LogP contribution in [0.5, 0.6) is 23.0 Å². The minimum absolute atomic E-state index is 0.0827. The molecule has 0 saturated heterocycles. The first-order valence-electron chi connectivity index (χ1n) is 13.4. The number of methoxy groups -OCH3 is 1. The number of carbonyl (C=O) groups excluding carboxylic acids is 1. The van der Waals surface area contributed by atoms with E-state index < -0.39 is 5.91 Å². The maximum Gasteiger partial charge on any atom is 0.271 e. The molecule has 0 radical (unpaired) electrons. The summed E-state index contributed by atoms with van der Waals surface area (Å²) in [5, 5.41) is 13.7. The van der Waals surface area contributed by atoms with E-state index in [9.17, 15) is 9.90 Å². The monoisotopic (exact) mass is 567 g/mol. The van der Waals surface area contributed by atoms with E-state index in [1.54, 1.807) is 19.2 Å². The van der Waals surface area contributed by atoms with Crippen LogP contribution in [0.25, 0.3) is 0 Å². The molecule has 3 aromatic rings. The number of hydrazone groups is 1. The second-order valence-corrected chi connectivity index (χ2v) is 9.88. The van der Waals surface area contributed by atoms with Crippen molar-refractivity contribution in [2.24, 2.45) is 5.10 Å². The number of hydrogen-bond acceptors (Lipinski definition) is 7. The standard InChI is InChI=1S/C31H38ClN3O5/c1-6-35(7-2)14-15-39-29-17-23(19-33-34-31(37)25-12-13-27(36)26(32)18-25)16-28(38-5)30(29)40-20-22-8-10-24(11-9-22)21(3)4/h8-13,16-19,21,36H,6-7,14-15,20H2,1-5H3,(H,34,37). The molecule has 0 unspecified atom stereocenters.